The number of nitrogens with two attached hydrogens (primary N) is 1. The van der Waals surface area contributed by atoms with Crippen molar-refractivity contribution in [2.24, 2.45) is 5.84 Å². The van der Waals surface area contributed by atoms with Crippen LogP contribution in [0.2, 0.25) is 0 Å². The molecule has 0 saturated carbocycles. The van der Waals surface area contributed by atoms with Gasteiger partial charge in [0, 0.05) is 12.4 Å². The van der Waals surface area contributed by atoms with Crippen molar-refractivity contribution in [1.29, 1.82) is 0 Å². The summed E-state index contributed by atoms with van der Waals surface area (Å²) >= 11 is 0. The van der Waals surface area contributed by atoms with Gasteiger partial charge in [-0.15, -0.1) is 0 Å². The molecule has 3 nitrogen and oxygen atoms in total. The molecule has 3 N–H and O–H groups in total. The highest BCUT2D eigenvalue weighted by atomic mass is 15.2. The monoisotopic (exact) mass is 227 g/mol. The van der Waals surface area contributed by atoms with Crippen LogP contribution < -0.4 is 11.3 Å². The Morgan fingerprint density at radius 3 is 2.59 bits per heavy atom. The van der Waals surface area contributed by atoms with Crippen LogP contribution >= 0.6 is 0 Å². The number of nitrogens with one attached hydrogen (secondary N) is 1. The number of aryl methyl sites for hydroxylation is 2. The number of benzene rings is 1. The summed E-state index contributed by atoms with van der Waals surface area (Å²) in [6.45, 7) is 4.12. The summed E-state index contributed by atoms with van der Waals surface area (Å²) in [5, 5.41) is 0. The van der Waals surface area contributed by atoms with Crippen LogP contribution in [0.1, 0.15) is 28.3 Å². The molecule has 0 amide bonds. The highest BCUT2D eigenvalue weighted by Gasteiger charge is 2.14. The number of hydrogen-bond acceptors (Lipinski definition) is 3. The van der Waals surface area contributed by atoms with E-state index >= 15 is 0 Å². The number of aromatic nitrogens is 1. The van der Waals surface area contributed by atoms with Crippen molar-refractivity contribution in [2.75, 3.05) is 0 Å². The Morgan fingerprint density at radius 1 is 1.18 bits per heavy atom. The molecule has 17 heavy (non-hydrogen) atoms. The Bertz CT molecular complexity index is 508. The van der Waals surface area contributed by atoms with Gasteiger partial charge in [0.05, 0.1) is 6.04 Å². The molecule has 0 bridgehead atoms. The van der Waals surface area contributed by atoms with Crippen LogP contribution in [-0.4, -0.2) is 4.98 Å². The summed E-state index contributed by atoms with van der Waals surface area (Å²) in [7, 11) is 0. The van der Waals surface area contributed by atoms with E-state index in [1.807, 2.05) is 31.5 Å². The van der Waals surface area contributed by atoms with Crippen molar-refractivity contribution in [3.05, 3.63) is 65.0 Å². The SMILES string of the molecule is Cc1cncc(C(NN)c2ccccc2C)c1. The van der Waals surface area contributed by atoms with Gasteiger partial charge in [0.1, 0.15) is 0 Å². The molecule has 2 rings (SSSR count). The zero-order valence-corrected chi connectivity index (χ0v) is 10.1. The van der Waals surface area contributed by atoms with Gasteiger partial charge in [0.15, 0.2) is 0 Å². The summed E-state index contributed by atoms with van der Waals surface area (Å²) in [6.07, 6.45) is 3.69. The molecule has 0 spiro atoms. The minimum absolute atomic E-state index is 0.0106. The fraction of sp³-hybridized carbons (Fsp3) is 0.214. The van der Waals surface area contributed by atoms with Crippen molar-refractivity contribution in [2.45, 2.75) is 19.9 Å². The fourth-order valence-electron chi connectivity index (χ4n) is 2.01. The van der Waals surface area contributed by atoms with Gasteiger partial charge in [-0.25, -0.2) is 5.43 Å². The smallest absolute Gasteiger partial charge is 0.0727 e. The van der Waals surface area contributed by atoms with Gasteiger partial charge in [-0.3, -0.25) is 10.8 Å². The van der Waals surface area contributed by atoms with Crippen molar-refractivity contribution in [3.63, 3.8) is 0 Å². The minimum atomic E-state index is -0.0106. The minimum Gasteiger partial charge on any atom is -0.271 e. The molecule has 3 heteroatoms. The van der Waals surface area contributed by atoms with Gasteiger partial charge in [0.2, 0.25) is 0 Å². The molecule has 0 aliphatic carbocycles. The molecule has 0 saturated heterocycles. The molecule has 1 unspecified atom stereocenters. The molecule has 1 aromatic heterocycles. The second kappa shape index (κ2) is 5.08. The zero-order chi connectivity index (χ0) is 12.3. The maximum absolute atomic E-state index is 5.68. The molecular weight excluding hydrogens is 210 g/mol. The van der Waals surface area contributed by atoms with Gasteiger partial charge in [-0.1, -0.05) is 30.3 Å². The third-order valence-corrected chi connectivity index (χ3v) is 2.90. The molecule has 88 valence electrons. The van der Waals surface area contributed by atoms with Crippen molar-refractivity contribution >= 4 is 0 Å². The van der Waals surface area contributed by atoms with E-state index in [1.54, 1.807) is 0 Å². The van der Waals surface area contributed by atoms with E-state index in [1.165, 1.54) is 11.1 Å². The Kier molecular flexibility index (Phi) is 3.52. The average molecular weight is 227 g/mol. The lowest BCUT2D eigenvalue weighted by atomic mass is 9.96. The normalized spacial score (nSPS) is 12.4. The summed E-state index contributed by atoms with van der Waals surface area (Å²) in [5.74, 6) is 5.68. The lowest BCUT2D eigenvalue weighted by Gasteiger charge is -2.18. The second-order valence-electron chi connectivity index (χ2n) is 4.25. The van der Waals surface area contributed by atoms with E-state index < -0.39 is 0 Å². The molecule has 2 aromatic rings. The quantitative estimate of drug-likeness (QED) is 0.624. The van der Waals surface area contributed by atoms with Crippen molar-refractivity contribution in [3.8, 4) is 0 Å². The zero-order valence-electron chi connectivity index (χ0n) is 10.1. The van der Waals surface area contributed by atoms with Crippen LogP contribution in [0, 0.1) is 13.8 Å². The van der Waals surface area contributed by atoms with Crippen LogP contribution in [0.4, 0.5) is 0 Å². The summed E-state index contributed by atoms with van der Waals surface area (Å²) in [6, 6.07) is 10.3. The van der Waals surface area contributed by atoms with Gasteiger partial charge in [0.25, 0.3) is 0 Å². The van der Waals surface area contributed by atoms with E-state index in [9.17, 15) is 0 Å². The lowest BCUT2D eigenvalue weighted by Crippen LogP contribution is -2.29. The number of pyridine rings is 1. The first kappa shape index (κ1) is 11.8. The van der Waals surface area contributed by atoms with Crippen LogP contribution in [0.3, 0.4) is 0 Å². The molecule has 1 atom stereocenters. The summed E-state index contributed by atoms with van der Waals surface area (Å²) < 4.78 is 0. The maximum atomic E-state index is 5.68. The first-order valence-electron chi connectivity index (χ1n) is 5.65. The lowest BCUT2D eigenvalue weighted by molar-refractivity contribution is 0.631. The molecule has 0 radical (unpaired) electrons. The summed E-state index contributed by atoms with van der Waals surface area (Å²) in [5.41, 5.74) is 7.49. The highest BCUT2D eigenvalue weighted by Crippen LogP contribution is 2.23. The van der Waals surface area contributed by atoms with Crippen LogP contribution in [0.25, 0.3) is 0 Å². The van der Waals surface area contributed by atoms with Gasteiger partial charge < -0.3 is 0 Å². The molecule has 1 heterocycles. The molecule has 0 aliphatic rings. The number of rotatable bonds is 3. The summed E-state index contributed by atoms with van der Waals surface area (Å²) in [4.78, 5) is 4.21. The van der Waals surface area contributed by atoms with Crippen LogP contribution in [0.5, 0.6) is 0 Å². The fourth-order valence-corrected chi connectivity index (χ4v) is 2.01. The third kappa shape index (κ3) is 2.52. The van der Waals surface area contributed by atoms with Gasteiger partial charge in [-0.05, 0) is 36.1 Å². The van der Waals surface area contributed by atoms with E-state index in [4.69, 9.17) is 5.84 Å². The van der Waals surface area contributed by atoms with Gasteiger partial charge in [-0.2, -0.15) is 0 Å². The molecule has 0 fully saturated rings. The Hall–Kier alpha value is -1.71. The van der Waals surface area contributed by atoms with E-state index in [0.29, 0.717) is 0 Å². The Morgan fingerprint density at radius 2 is 1.94 bits per heavy atom. The number of hydrogen-bond donors (Lipinski definition) is 2. The van der Waals surface area contributed by atoms with Crippen molar-refractivity contribution in [1.82, 2.24) is 10.4 Å². The van der Waals surface area contributed by atoms with E-state index in [0.717, 1.165) is 11.1 Å². The maximum Gasteiger partial charge on any atom is 0.0727 e. The Labute approximate surface area is 102 Å². The third-order valence-electron chi connectivity index (χ3n) is 2.90. The van der Waals surface area contributed by atoms with E-state index in [2.05, 4.69) is 35.5 Å². The topological polar surface area (TPSA) is 50.9 Å². The van der Waals surface area contributed by atoms with Gasteiger partial charge >= 0.3 is 0 Å². The molecule has 1 aromatic carbocycles. The number of hydrazine groups is 1. The standard InChI is InChI=1S/C14H17N3/c1-10-7-12(9-16-8-10)14(17-15)13-6-4-3-5-11(13)2/h3-9,14,17H,15H2,1-2H3. The van der Waals surface area contributed by atoms with Crippen molar-refractivity contribution < 1.29 is 0 Å². The number of nitrogens with zero attached hydrogens (tertiary/aromatic N) is 1. The average Bonchev–Trinajstić information content (AvgIpc) is 2.33. The first-order valence-corrected chi connectivity index (χ1v) is 5.65. The molecular formula is C14H17N3. The Balaban J connectivity index is 2.44. The predicted molar refractivity (Wildman–Crippen MR) is 69.3 cm³/mol. The molecule has 0 aliphatic heterocycles. The predicted octanol–water partition coefficient (Wildman–Crippen LogP) is 2.25. The second-order valence-corrected chi connectivity index (χ2v) is 4.25. The van der Waals surface area contributed by atoms with Crippen LogP contribution in [-0.2, 0) is 0 Å². The largest absolute Gasteiger partial charge is 0.271 e. The first-order chi connectivity index (χ1) is 8.22. The van der Waals surface area contributed by atoms with Crippen LogP contribution in [0.15, 0.2) is 42.7 Å². The van der Waals surface area contributed by atoms with E-state index in [-0.39, 0.29) is 6.04 Å². The highest BCUT2D eigenvalue weighted by molar-refractivity contribution is 5.36.